The van der Waals surface area contributed by atoms with Gasteiger partial charge in [-0.1, -0.05) is 44.5 Å². The number of nitrogens with one attached hydrogen (secondary N) is 3. The molecule has 2 amide bonds. The SMILES string of the molecule is CC[C@H](C)[C@H](N=C1NS(=O)(=O)c2ccccc21)C(=O)NCc1ccc(NC(=O)c2ccco2)cc1. The zero-order valence-electron chi connectivity index (χ0n) is 19.3. The van der Waals surface area contributed by atoms with Crippen LogP contribution in [0.2, 0.25) is 0 Å². The van der Waals surface area contributed by atoms with Crippen molar-refractivity contribution < 1.29 is 22.4 Å². The molecule has 2 atom stereocenters. The van der Waals surface area contributed by atoms with Crippen LogP contribution in [0.4, 0.5) is 5.69 Å². The summed E-state index contributed by atoms with van der Waals surface area (Å²) in [5.41, 5.74) is 1.88. The van der Waals surface area contributed by atoms with Crippen LogP contribution >= 0.6 is 0 Å². The number of fused-ring (bicyclic) bond motifs is 1. The number of carbonyl (C=O) groups excluding carboxylic acids is 2. The number of nitrogens with zero attached hydrogens (tertiary/aromatic N) is 1. The van der Waals surface area contributed by atoms with E-state index in [1.807, 2.05) is 13.8 Å². The third-order valence-electron chi connectivity index (χ3n) is 5.81. The monoisotopic (exact) mass is 494 g/mol. The van der Waals surface area contributed by atoms with E-state index in [2.05, 4.69) is 20.3 Å². The van der Waals surface area contributed by atoms with E-state index in [9.17, 15) is 18.0 Å². The van der Waals surface area contributed by atoms with Crippen LogP contribution < -0.4 is 15.4 Å². The van der Waals surface area contributed by atoms with Crippen LogP contribution in [0.5, 0.6) is 0 Å². The second-order valence-electron chi connectivity index (χ2n) is 8.26. The van der Waals surface area contributed by atoms with Crippen molar-refractivity contribution in [3.8, 4) is 0 Å². The predicted octanol–water partition coefficient (Wildman–Crippen LogP) is 3.30. The standard InChI is InChI=1S/C25H26N4O5S/c1-3-16(2)22(28-23-19-7-4-5-9-21(19)35(32,33)29-23)25(31)26-15-17-10-12-18(13-11-17)27-24(30)20-8-6-14-34-20/h4-14,16,22H,3,15H2,1-2H3,(H,26,31)(H,27,30)(H,28,29)/t16-,22-/m0/s1. The zero-order valence-corrected chi connectivity index (χ0v) is 20.1. The van der Waals surface area contributed by atoms with E-state index >= 15 is 0 Å². The van der Waals surface area contributed by atoms with Gasteiger partial charge in [0.1, 0.15) is 11.9 Å². The molecule has 1 aliphatic rings. The van der Waals surface area contributed by atoms with E-state index in [4.69, 9.17) is 4.42 Å². The fraction of sp³-hybridized carbons (Fsp3) is 0.240. The molecule has 2 aromatic carbocycles. The molecular formula is C25H26N4O5S. The van der Waals surface area contributed by atoms with Crippen molar-refractivity contribution in [1.29, 1.82) is 0 Å². The van der Waals surface area contributed by atoms with Gasteiger partial charge in [0.15, 0.2) is 5.76 Å². The van der Waals surface area contributed by atoms with E-state index in [-0.39, 0.29) is 40.8 Å². The largest absolute Gasteiger partial charge is 0.459 e. The molecule has 4 rings (SSSR count). The number of amidine groups is 1. The minimum atomic E-state index is -3.69. The number of aliphatic imine (C=N–C) groups is 1. The molecule has 3 aromatic rings. The Morgan fingerprint density at radius 1 is 1.06 bits per heavy atom. The van der Waals surface area contributed by atoms with E-state index in [1.54, 1.807) is 54.6 Å². The van der Waals surface area contributed by atoms with Gasteiger partial charge in [-0.3, -0.25) is 19.3 Å². The molecule has 2 heterocycles. The lowest BCUT2D eigenvalue weighted by Gasteiger charge is -2.19. The number of carbonyl (C=O) groups is 2. The molecule has 0 saturated heterocycles. The first-order chi connectivity index (χ1) is 16.8. The number of amides is 2. The number of hydrogen-bond acceptors (Lipinski definition) is 6. The van der Waals surface area contributed by atoms with Crippen molar-refractivity contribution in [2.75, 3.05) is 5.32 Å². The van der Waals surface area contributed by atoms with Gasteiger partial charge < -0.3 is 15.1 Å². The first-order valence-corrected chi connectivity index (χ1v) is 12.7. The second kappa shape index (κ2) is 10.1. The van der Waals surface area contributed by atoms with Crippen LogP contribution in [0.3, 0.4) is 0 Å². The average Bonchev–Trinajstić information content (AvgIpc) is 3.48. The summed E-state index contributed by atoms with van der Waals surface area (Å²) >= 11 is 0. The van der Waals surface area contributed by atoms with E-state index in [0.717, 1.165) is 5.56 Å². The van der Waals surface area contributed by atoms with Crippen molar-refractivity contribution in [1.82, 2.24) is 10.0 Å². The van der Waals surface area contributed by atoms with E-state index in [0.29, 0.717) is 17.7 Å². The summed E-state index contributed by atoms with van der Waals surface area (Å²) in [5.74, 6) is -0.371. The van der Waals surface area contributed by atoms with Crippen molar-refractivity contribution in [3.63, 3.8) is 0 Å². The number of anilines is 1. The maximum Gasteiger partial charge on any atom is 0.291 e. The minimum absolute atomic E-state index is 0.112. The van der Waals surface area contributed by atoms with Crippen LogP contribution in [-0.2, 0) is 21.4 Å². The molecule has 9 nitrogen and oxygen atoms in total. The molecular weight excluding hydrogens is 468 g/mol. The fourth-order valence-electron chi connectivity index (χ4n) is 3.64. The highest BCUT2D eigenvalue weighted by molar-refractivity contribution is 7.90. The number of hydrogen-bond donors (Lipinski definition) is 3. The van der Waals surface area contributed by atoms with Gasteiger partial charge >= 0.3 is 0 Å². The van der Waals surface area contributed by atoms with Crippen LogP contribution in [-0.4, -0.2) is 32.1 Å². The molecule has 0 spiro atoms. The fourth-order valence-corrected chi connectivity index (χ4v) is 4.88. The number of benzene rings is 2. The van der Waals surface area contributed by atoms with Crippen molar-refractivity contribution in [3.05, 3.63) is 83.8 Å². The Morgan fingerprint density at radius 3 is 2.49 bits per heavy atom. The Kier molecular flexibility index (Phi) is 7.02. The highest BCUT2D eigenvalue weighted by Gasteiger charge is 2.33. The topological polar surface area (TPSA) is 130 Å². The Labute approximate surface area is 203 Å². The first kappa shape index (κ1) is 24.2. The lowest BCUT2D eigenvalue weighted by Crippen LogP contribution is -2.38. The van der Waals surface area contributed by atoms with E-state index < -0.39 is 16.1 Å². The maximum atomic E-state index is 13.1. The van der Waals surface area contributed by atoms with Crippen LogP contribution in [0.15, 0.2) is 81.2 Å². The van der Waals surface area contributed by atoms with Gasteiger partial charge in [0.25, 0.3) is 15.9 Å². The van der Waals surface area contributed by atoms with Crippen molar-refractivity contribution >= 4 is 33.4 Å². The summed E-state index contributed by atoms with van der Waals surface area (Å²) in [6.07, 6.45) is 2.12. The molecule has 3 N–H and O–H groups in total. The van der Waals surface area contributed by atoms with E-state index in [1.165, 1.54) is 12.3 Å². The number of furan rings is 1. The molecule has 0 radical (unpaired) electrons. The number of rotatable bonds is 8. The van der Waals surface area contributed by atoms with Crippen molar-refractivity contribution in [2.24, 2.45) is 10.9 Å². The third-order valence-corrected chi connectivity index (χ3v) is 7.20. The Morgan fingerprint density at radius 2 is 1.80 bits per heavy atom. The third kappa shape index (κ3) is 5.43. The summed E-state index contributed by atoms with van der Waals surface area (Å²) in [7, 11) is -3.69. The maximum absolute atomic E-state index is 13.1. The minimum Gasteiger partial charge on any atom is -0.459 e. The molecule has 0 fully saturated rings. The van der Waals surface area contributed by atoms with Crippen LogP contribution in [0.25, 0.3) is 0 Å². The first-order valence-electron chi connectivity index (χ1n) is 11.2. The quantitative estimate of drug-likeness (QED) is 0.442. The van der Waals surface area contributed by atoms with Gasteiger partial charge in [0.2, 0.25) is 5.91 Å². The van der Waals surface area contributed by atoms with Gasteiger partial charge in [-0.15, -0.1) is 0 Å². The lowest BCUT2D eigenvalue weighted by atomic mass is 9.98. The Bertz CT molecular complexity index is 1350. The molecule has 0 aliphatic carbocycles. The lowest BCUT2D eigenvalue weighted by molar-refractivity contribution is -0.123. The van der Waals surface area contributed by atoms with Crippen LogP contribution in [0.1, 0.15) is 41.9 Å². The average molecular weight is 495 g/mol. The van der Waals surface area contributed by atoms with Gasteiger partial charge in [-0.25, -0.2) is 8.42 Å². The number of sulfonamides is 1. The van der Waals surface area contributed by atoms with Gasteiger partial charge in [-0.2, -0.15) is 0 Å². The predicted molar refractivity (Wildman–Crippen MR) is 131 cm³/mol. The molecule has 10 heteroatoms. The highest BCUT2D eigenvalue weighted by Crippen LogP contribution is 2.24. The van der Waals surface area contributed by atoms with Gasteiger partial charge in [-0.05, 0) is 47.9 Å². The molecule has 0 bridgehead atoms. The van der Waals surface area contributed by atoms with Gasteiger partial charge in [0.05, 0.1) is 11.2 Å². The Hall–Kier alpha value is -3.92. The summed E-state index contributed by atoms with van der Waals surface area (Å²) < 4.78 is 32.3. The molecule has 1 aromatic heterocycles. The molecule has 0 unspecified atom stereocenters. The molecule has 1 aliphatic heterocycles. The van der Waals surface area contributed by atoms with Gasteiger partial charge in [0, 0.05) is 17.8 Å². The Balaban J connectivity index is 1.43. The molecule has 35 heavy (non-hydrogen) atoms. The smallest absolute Gasteiger partial charge is 0.291 e. The summed E-state index contributed by atoms with van der Waals surface area (Å²) in [4.78, 5) is 29.8. The van der Waals surface area contributed by atoms with Crippen molar-refractivity contribution in [2.45, 2.75) is 37.8 Å². The summed E-state index contributed by atoms with van der Waals surface area (Å²) in [5, 5.41) is 5.63. The van der Waals surface area contributed by atoms with Crippen LogP contribution in [0, 0.1) is 5.92 Å². The normalized spacial score (nSPS) is 16.7. The second-order valence-corrected chi connectivity index (χ2v) is 9.91. The highest BCUT2D eigenvalue weighted by atomic mass is 32.2. The summed E-state index contributed by atoms with van der Waals surface area (Å²) in [6.45, 7) is 4.11. The molecule has 0 saturated carbocycles. The zero-order chi connectivity index (χ0) is 25.0. The molecule has 182 valence electrons. The summed E-state index contributed by atoms with van der Waals surface area (Å²) in [6, 6.07) is 16.1.